The van der Waals surface area contributed by atoms with Gasteiger partial charge in [0.1, 0.15) is 24.0 Å². The Hall–Kier alpha value is -3.84. The van der Waals surface area contributed by atoms with Crippen molar-refractivity contribution in [2.24, 2.45) is 0 Å². The Morgan fingerprint density at radius 3 is 2.36 bits per heavy atom. The summed E-state index contributed by atoms with van der Waals surface area (Å²) in [6.45, 7) is 2.41. The number of nitrogens with one attached hydrogen (secondary N) is 1. The molecule has 3 aromatic rings. The number of carbonyl (C=O) groups excluding carboxylic acids is 1. The lowest BCUT2D eigenvalue weighted by atomic mass is 10.1. The van der Waals surface area contributed by atoms with E-state index in [0.29, 0.717) is 18.0 Å². The second kappa shape index (κ2) is 9.20. The minimum absolute atomic E-state index is 0.0544. The summed E-state index contributed by atoms with van der Waals surface area (Å²) in [6, 6.07) is 26.5. The summed E-state index contributed by atoms with van der Waals surface area (Å²) in [6.07, 6.45) is 1.60. The van der Waals surface area contributed by atoms with Crippen LogP contribution in [0.15, 0.2) is 84.4 Å². The van der Waals surface area contributed by atoms with Gasteiger partial charge in [-0.2, -0.15) is 5.26 Å². The van der Waals surface area contributed by atoms with Crippen LogP contribution in [0.5, 0.6) is 5.75 Å². The van der Waals surface area contributed by atoms with Crippen LogP contribution < -0.4 is 10.1 Å². The van der Waals surface area contributed by atoms with E-state index in [4.69, 9.17) is 4.74 Å². The Balaban J connectivity index is 1.63. The molecule has 0 saturated carbocycles. The fraction of sp³-hybridized carbons (Fsp3) is 0.0833. The second-order valence-corrected chi connectivity index (χ2v) is 6.28. The molecule has 4 heteroatoms. The Labute approximate surface area is 164 Å². The second-order valence-electron chi connectivity index (χ2n) is 6.28. The van der Waals surface area contributed by atoms with Crippen molar-refractivity contribution in [2.45, 2.75) is 13.5 Å². The van der Waals surface area contributed by atoms with Crippen molar-refractivity contribution in [1.29, 1.82) is 5.26 Å². The Kier molecular flexibility index (Phi) is 6.22. The number of anilines is 1. The predicted octanol–water partition coefficient (Wildman–Crippen LogP) is 5.12. The number of carbonyl (C=O) groups is 1. The molecule has 0 heterocycles. The van der Waals surface area contributed by atoms with E-state index in [1.807, 2.05) is 67.6 Å². The summed E-state index contributed by atoms with van der Waals surface area (Å²) >= 11 is 0. The molecule has 28 heavy (non-hydrogen) atoms. The van der Waals surface area contributed by atoms with Gasteiger partial charge in [-0.25, -0.2) is 0 Å². The van der Waals surface area contributed by atoms with Gasteiger partial charge in [-0.3, -0.25) is 4.79 Å². The molecule has 3 aromatic carbocycles. The standard InChI is InChI=1S/C24H20N2O2/c1-18-7-5-6-10-20(18)15-21(16-25)24(27)26-22-11-13-23(14-12-22)28-17-19-8-3-2-4-9-19/h2-15H,17H2,1H3,(H,26,27)/b21-15+. The molecule has 0 saturated heterocycles. The van der Waals surface area contributed by atoms with Crippen LogP contribution in [0.1, 0.15) is 16.7 Å². The zero-order chi connectivity index (χ0) is 19.8. The molecule has 0 aliphatic rings. The Morgan fingerprint density at radius 1 is 1.00 bits per heavy atom. The van der Waals surface area contributed by atoms with Crippen molar-refractivity contribution in [3.63, 3.8) is 0 Å². The van der Waals surface area contributed by atoms with Crippen LogP contribution in [0.2, 0.25) is 0 Å². The van der Waals surface area contributed by atoms with Crippen LogP contribution >= 0.6 is 0 Å². The SMILES string of the molecule is Cc1ccccc1/C=C(\C#N)C(=O)Nc1ccc(OCc2ccccc2)cc1. The number of hydrogen-bond acceptors (Lipinski definition) is 3. The van der Waals surface area contributed by atoms with Gasteiger partial charge in [0.2, 0.25) is 0 Å². The summed E-state index contributed by atoms with van der Waals surface area (Å²) in [5, 5.41) is 12.1. The minimum Gasteiger partial charge on any atom is -0.489 e. The molecular formula is C24H20N2O2. The Bertz CT molecular complexity index is 1020. The molecule has 0 aromatic heterocycles. The zero-order valence-electron chi connectivity index (χ0n) is 15.6. The highest BCUT2D eigenvalue weighted by molar-refractivity contribution is 6.09. The summed E-state index contributed by atoms with van der Waals surface area (Å²) in [5.74, 6) is 0.265. The van der Waals surface area contributed by atoms with E-state index in [-0.39, 0.29) is 5.57 Å². The fourth-order valence-corrected chi connectivity index (χ4v) is 2.63. The van der Waals surface area contributed by atoms with Gasteiger partial charge in [0.15, 0.2) is 0 Å². The average Bonchev–Trinajstić information content (AvgIpc) is 2.73. The number of ether oxygens (including phenoxy) is 1. The van der Waals surface area contributed by atoms with Crippen LogP contribution in [0.4, 0.5) is 5.69 Å². The van der Waals surface area contributed by atoms with E-state index >= 15 is 0 Å². The van der Waals surface area contributed by atoms with Gasteiger partial charge in [-0.1, -0.05) is 54.6 Å². The van der Waals surface area contributed by atoms with Gasteiger partial charge < -0.3 is 10.1 Å². The maximum absolute atomic E-state index is 12.4. The van der Waals surface area contributed by atoms with Crippen LogP contribution in [-0.4, -0.2) is 5.91 Å². The number of hydrogen-bond donors (Lipinski definition) is 1. The quantitative estimate of drug-likeness (QED) is 0.485. The lowest BCUT2D eigenvalue weighted by Gasteiger charge is -2.08. The first kappa shape index (κ1) is 18.9. The first-order chi connectivity index (χ1) is 13.7. The molecule has 0 spiro atoms. The largest absolute Gasteiger partial charge is 0.489 e. The van der Waals surface area contributed by atoms with Gasteiger partial charge in [-0.15, -0.1) is 0 Å². The van der Waals surface area contributed by atoms with Crippen molar-refractivity contribution in [2.75, 3.05) is 5.32 Å². The lowest BCUT2D eigenvalue weighted by molar-refractivity contribution is -0.112. The normalized spacial score (nSPS) is 10.8. The number of amides is 1. The van der Waals surface area contributed by atoms with Gasteiger partial charge in [0.25, 0.3) is 5.91 Å². The highest BCUT2D eigenvalue weighted by atomic mass is 16.5. The molecule has 0 atom stereocenters. The summed E-state index contributed by atoms with van der Waals surface area (Å²) in [5.41, 5.74) is 3.59. The lowest BCUT2D eigenvalue weighted by Crippen LogP contribution is -2.13. The van der Waals surface area contributed by atoms with E-state index in [1.54, 1.807) is 30.3 Å². The van der Waals surface area contributed by atoms with Crippen molar-refractivity contribution < 1.29 is 9.53 Å². The van der Waals surface area contributed by atoms with Crippen LogP contribution in [0.3, 0.4) is 0 Å². The maximum atomic E-state index is 12.4. The molecule has 4 nitrogen and oxygen atoms in total. The third-order valence-electron chi connectivity index (χ3n) is 4.21. The molecule has 0 radical (unpaired) electrons. The molecule has 0 bridgehead atoms. The van der Waals surface area contributed by atoms with Crippen LogP contribution in [0, 0.1) is 18.3 Å². The van der Waals surface area contributed by atoms with Gasteiger partial charge in [-0.05, 0) is 54.0 Å². The number of rotatable bonds is 6. The Morgan fingerprint density at radius 2 is 1.68 bits per heavy atom. The monoisotopic (exact) mass is 368 g/mol. The van der Waals surface area contributed by atoms with E-state index in [2.05, 4.69) is 5.32 Å². The highest BCUT2D eigenvalue weighted by Gasteiger charge is 2.10. The third-order valence-corrected chi connectivity index (χ3v) is 4.21. The number of benzene rings is 3. The average molecular weight is 368 g/mol. The number of aryl methyl sites for hydroxylation is 1. The third kappa shape index (κ3) is 5.09. The van der Waals surface area contributed by atoms with E-state index in [0.717, 1.165) is 16.7 Å². The van der Waals surface area contributed by atoms with Gasteiger partial charge >= 0.3 is 0 Å². The van der Waals surface area contributed by atoms with E-state index in [9.17, 15) is 10.1 Å². The van der Waals surface area contributed by atoms with Crippen LogP contribution in [-0.2, 0) is 11.4 Å². The summed E-state index contributed by atoms with van der Waals surface area (Å²) < 4.78 is 5.74. The molecule has 0 aliphatic heterocycles. The summed E-state index contributed by atoms with van der Waals surface area (Å²) in [4.78, 5) is 12.4. The van der Waals surface area contributed by atoms with Gasteiger partial charge in [0.05, 0.1) is 0 Å². The number of nitrogens with zero attached hydrogens (tertiary/aromatic N) is 1. The first-order valence-electron chi connectivity index (χ1n) is 8.91. The first-order valence-corrected chi connectivity index (χ1v) is 8.91. The molecule has 138 valence electrons. The van der Waals surface area contributed by atoms with Gasteiger partial charge in [0, 0.05) is 5.69 Å². The zero-order valence-corrected chi connectivity index (χ0v) is 15.6. The summed E-state index contributed by atoms with van der Waals surface area (Å²) in [7, 11) is 0. The van der Waals surface area contributed by atoms with Crippen molar-refractivity contribution in [3.8, 4) is 11.8 Å². The number of nitriles is 1. The smallest absolute Gasteiger partial charge is 0.266 e. The highest BCUT2D eigenvalue weighted by Crippen LogP contribution is 2.18. The van der Waals surface area contributed by atoms with E-state index in [1.165, 1.54) is 0 Å². The molecule has 0 fully saturated rings. The topological polar surface area (TPSA) is 62.1 Å². The van der Waals surface area contributed by atoms with Crippen molar-refractivity contribution in [1.82, 2.24) is 0 Å². The molecule has 1 N–H and O–H groups in total. The van der Waals surface area contributed by atoms with Crippen molar-refractivity contribution >= 4 is 17.7 Å². The molecule has 1 amide bonds. The minimum atomic E-state index is -0.441. The van der Waals surface area contributed by atoms with Crippen molar-refractivity contribution in [3.05, 3.63) is 101 Å². The molecule has 3 rings (SSSR count). The molecule has 0 unspecified atom stereocenters. The molecular weight excluding hydrogens is 348 g/mol. The maximum Gasteiger partial charge on any atom is 0.266 e. The van der Waals surface area contributed by atoms with E-state index < -0.39 is 5.91 Å². The van der Waals surface area contributed by atoms with Crippen LogP contribution in [0.25, 0.3) is 6.08 Å². The fourth-order valence-electron chi connectivity index (χ4n) is 2.63. The predicted molar refractivity (Wildman–Crippen MR) is 111 cm³/mol. The molecule has 0 aliphatic carbocycles.